The second-order valence-corrected chi connectivity index (χ2v) is 5.64. The highest BCUT2D eigenvalue weighted by Gasteiger charge is 2.25. The summed E-state index contributed by atoms with van der Waals surface area (Å²) < 4.78 is 1.11. The summed E-state index contributed by atoms with van der Waals surface area (Å²) in [6.45, 7) is 5.27. The maximum absolute atomic E-state index is 9.51. The molecular weight excluding hydrogens is 280 g/mol. The van der Waals surface area contributed by atoms with Crippen molar-refractivity contribution in [3.63, 3.8) is 0 Å². The van der Waals surface area contributed by atoms with Gasteiger partial charge in [-0.05, 0) is 37.7 Å². The van der Waals surface area contributed by atoms with Gasteiger partial charge in [0.25, 0.3) is 0 Å². The van der Waals surface area contributed by atoms with Crippen molar-refractivity contribution >= 4 is 21.6 Å². The summed E-state index contributed by atoms with van der Waals surface area (Å²) in [6, 6.07) is 6.53. The molecule has 17 heavy (non-hydrogen) atoms. The SMILES string of the molecule is Cc1cc(Br)ccc1N1CCN(C)CC1CO. The molecule has 1 aliphatic heterocycles. The van der Waals surface area contributed by atoms with E-state index in [4.69, 9.17) is 0 Å². The summed E-state index contributed by atoms with van der Waals surface area (Å²) in [5.41, 5.74) is 2.49. The third kappa shape index (κ3) is 2.81. The molecule has 1 aromatic carbocycles. The largest absolute Gasteiger partial charge is 0.394 e. The number of nitrogens with zero attached hydrogens (tertiary/aromatic N) is 2. The first kappa shape index (κ1) is 12.9. The van der Waals surface area contributed by atoms with Gasteiger partial charge in [-0.2, -0.15) is 0 Å². The Morgan fingerprint density at radius 2 is 2.18 bits per heavy atom. The lowest BCUT2D eigenvalue weighted by Crippen LogP contribution is -2.53. The van der Waals surface area contributed by atoms with Gasteiger partial charge >= 0.3 is 0 Å². The molecule has 0 spiro atoms. The Morgan fingerprint density at radius 3 is 2.82 bits per heavy atom. The van der Waals surface area contributed by atoms with Gasteiger partial charge in [0.2, 0.25) is 0 Å². The molecule has 0 bridgehead atoms. The number of aliphatic hydroxyl groups excluding tert-OH is 1. The van der Waals surface area contributed by atoms with Crippen LogP contribution in [-0.2, 0) is 0 Å². The van der Waals surface area contributed by atoms with E-state index >= 15 is 0 Å². The lowest BCUT2D eigenvalue weighted by Gasteiger charge is -2.41. The molecule has 1 heterocycles. The van der Waals surface area contributed by atoms with Crippen molar-refractivity contribution in [1.82, 2.24) is 4.90 Å². The fraction of sp³-hybridized carbons (Fsp3) is 0.538. The van der Waals surface area contributed by atoms with Crippen LogP contribution in [0.25, 0.3) is 0 Å². The predicted octanol–water partition coefficient (Wildman–Crippen LogP) is 1.87. The van der Waals surface area contributed by atoms with Crippen molar-refractivity contribution in [1.29, 1.82) is 0 Å². The number of rotatable bonds is 2. The number of benzene rings is 1. The van der Waals surface area contributed by atoms with E-state index in [0.717, 1.165) is 24.1 Å². The zero-order valence-electron chi connectivity index (χ0n) is 10.4. The van der Waals surface area contributed by atoms with E-state index < -0.39 is 0 Å². The Morgan fingerprint density at radius 1 is 1.41 bits per heavy atom. The van der Waals surface area contributed by atoms with E-state index in [9.17, 15) is 5.11 Å². The van der Waals surface area contributed by atoms with Crippen LogP contribution >= 0.6 is 15.9 Å². The molecular formula is C13H19BrN2O. The molecule has 0 aromatic heterocycles. The van der Waals surface area contributed by atoms with E-state index in [1.54, 1.807) is 0 Å². The summed E-state index contributed by atoms with van der Waals surface area (Å²) >= 11 is 3.49. The Balaban J connectivity index is 2.25. The second-order valence-electron chi connectivity index (χ2n) is 4.72. The molecule has 1 unspecified atom stereocenters. The van der Waals surface area contributed by atoms with Crippen LogP contribution in [0.5, 0.6) is 0 Å². The first-order valence-electron chi connectivity index (χ1n) is 5.94. The molecule has 4 heteroatoms. The quantitative estimate of drug-likeness (QED) is 0.903. The number of likely N-dealkylation sites (N-methyl/N-ethyl adjacent to an activating group) is 1. The molecule has 1 aliphatic rings. The molecule has 1 N–H and O–H groups in total. The van der Waals surface area contributed by atoms with Gasteiger partial charge in [0.1, 0.15) is 0 Å². The summed E-state index contributed by atoms with van der Waals surface area (Å²) in [6.07, 6.45) is 0. The molecule has 3 nitrogen and oxygen atoms in total. The number of anilines is 1. The van der Waals surface area contributed by atoms with Gasteiger partial charge in [0.05, 0.1) is 12.6 Å². The number of hydrogen-bond acceptors (Lipinski definition) is 3. The number of hydrogen-bond donors (Lipinski definition) is 1. The maximum atomic E-state index is 9.51. The summed E-state index contributed by atoms with van der Waals surface area (Å²) in [4.78, 5) is 4.59. The molecule has 0 amide bonds. The minimum atomic E-state index is 0.202. The van der Waals surface area contributed by atoms with Gasteiger partial charge in [-0.1, -0.05) is 15.9 Å². The van der Waals surface area contributed by atoms with Crippen LogP contribution in [0.2, 0.25) is 0 Å². The summed E-state index contributed by atoms with van der Waals surface area (Å²) in [5, 5.41) is 9.51. The van der Waals surface area contributed by atoms with Gasteiger partial charge in [0.15, 0.2) is 0 Å². The minimum absolute atomic E-state index is 0.202. The standard InChI is InChI=1S/C13H19BrN2O/c1-10-7-11(14)3-4-13(10)16-6-5-15(2)8-12(16)9-17/h3-4,7,12,17H,5-6,8-9H2,1-2H3. The van der Waals surface area contributed by atoms with Gasteiger partial charge < -0.3 is 14.9 Å². The summed E-state index contributed by atoms with van der Waals surface area (Å²) in [7, 11) is 2.11. The number of aliphatic hydroxyl groups is 1. The third-order valence-corrected chi connectivity index (χ3v) is 3.86. The Labute approximate surface area is 111 Å². The second kappa shape index (κ2) is 5.38. The van der Waals surface area contributed by atoms with E-state index in [1.165, 1.54) is 11.3 Å². The number of halogens is 1. The molecule has 2 rings (SSSR count). The topological polar surface area (TPSA) is 26.7 Å². The van der Waals surface area contributed by atoms with Crippen molar-refractivity contribution in [3.05, 3.63) is 28.2 Å². The van der Waals surface area contributed by atoms with Gasteiger partial charge in [-0.15, -0.1) is 0 Å². The smallest absolute Gasteiger partial charge is 0.0648 e. The lowest BCUT2D eigenvalue weighted by atomic mass is 10.1. The van der Waals surface area contributed by atoms with Crippen LogP contribution in [-0.4, -0.2) is 49.3 Å². The van der Waals surface area contributed by atoms with Crippen molar-refractivity contribution < 1.29 is 5.11 Å². The highest BCUT2D eigenvalue weighted by molar-refractivity contribution is 9.10. The molecule has 1 saturated heterocycles. The van der Waals surface area contributed by atoms with E-state index in [2.05, 4.69) is 57.9 Å². The van der Waals surface area contributed by atoms with Crippen LogP contribution in [0.15, 0.2) is 22.7 Å². The highest BCUT2D eigenvalue weighted by Crippen LogP contribution is 2.26. The number of piperazine rings is 1. The maximum Gasteiger partial charge on any atom is 0.0648 e. The van der Waals surface area contributed by atoms with E-state index in [-0.39, 0.29) is 12.6 Å². The molecule has 0 radical (unpaired) electrons. The lowest BCUT2D eigenvalue weighted by molar-refractivity contribution is 0.191. The minimum Gasteiger partial charge on any atom is -0.394 e. The van der Waals surface area contributed by atoms with Crippen LogP contribution in [0.3, 0.4) is 0 Å². The van der Waals surface area contributed by atoms with Gasteiger partial charge in [0, 0.05) is 29.8 Å². The molecule has 0 saturated carbocycles. The highest BCUT2D eigenvalue weighted by atomic mass is 79.9. The Hall–Kier alpha value is -0.580. The first-order valence-corrected chi connectivity index (χ1v) is 6.73. The van der Waals surface area contributed by atoms with Crippen LogP contribution in [0.1, 0.15) is 5.56 Å². The molecule has 1 aromatic rings. The molecule has 1 fully saturated rings. The monoisotopic (exact) mass is 298 g/mol. The fourth-order valence-electron chi connectivity index (χ4n) is 2.43. The summed E-state index contributed by atoms with van der Waals surface area (Å²) in [5.74, 6) is 0. The van der Waals surface area contributed by atoms with Crippen molar-refractivity contribution in [2.24, 2.45) is 0 Å². The Kier molecular flexibility index (Phi) is 4.07. The van der Waals surface area contributed by atoms with E-state index in [1.807, 2.05) is 0 Å². The zero-order chi connectivity index (χ0) is 12.4. The Bertz CT molecular complexity index is 397. The predicted molar refractivity (Wildman–Crippen MR) is 74.6 cm³/mol. The van der Waals surface area contributed by atoms with Crippen LogP contribution in [0, 0.1) is 6.92 Å². The third-order valence-electron chi connectivity index (χ3n) is 3.36. The van der Waals surface area contributed by atoms with Crippen molar-refractivity contribution in [3.8, 4) is 0 Å². The van der Waals surface area contributed by atoms with Gasteiger partial charge in [-0.25, -0.2) is 0 Å². The zero-order valence-corrected chi connectivity index (χ0v) is 11.9. The van der Waals surface area contributed by atoms with Gasteiger partial charge in [-0.3, -0.25) is 0 Å². The molecule has 94 valence electrons. The molecule has 0 aliphatic carbocycles. The average molecular weight is 299 g/mol. The molecule has 1 atom stereocenters. The average Bonchev–Trinajstić information content (AvgIpc) is 2.30. The van der Waals surface area contributed by atoms with E-state index in [0.29, 0.717) is 0 Å². The van der Waals surface area contributed by atoms with Crippen molar-refractivity contribution in [2.45, 2.75) is 13.0 Å². The van der Waals surface area contributed by atoms with Crippen LogP contribution in [0.4, 0.5) is 5.69 Å². The first-order chi connectivity index (χ1) is 8.11. The van der Waals surface area contributed by atoms with Crippen LogP contribution < -0.4 is 4.90 Å². The fourth-order valence-corrected chi connectivity index (χ4v) is 2.90. The normalized spacial score (nSPS) is 21.9. The number of aryl methyl sites for hydroxylation is 1. The van der Waals surface area contributed by atoms with Crippen molar-refractivity contribution in [2.75, 3.05) is 38.2 Å².